The summed E-state index contributed by atoms with van der Waals surface area (Å²) in [6, 6.07) is 6.30. The van der Waals surface area contributed by atoms with E-state index in [-0.39, 0.29) is 5.91 Å². The Kier molecular flexibility index (Phi) is 5.23. The molecule has 2 aromatic heterocycles. The molecule has 1 aliphatic rings. The number of amides is 1. The normalized spacial score (nSPS) is 12.9. The Labute approximate surface area is 164 Å². The number of nitrogens with one attached hydrogen (secondary N) is 1. The molecule has 3 aromatic rings. The summed E-state index contributed by atoms with van der Waals surface area (Å²) in [4.78, 5) is 20.8. The number of rotatable bonds is 7. The van der Waals surface area contributed by atoms with E-state index in [2.05, 4.69) is 32.5 Å². The zero-order chi connectivity index (χ0) is 19.5. The SMILES string of the molecule is Cc1nc2ncnn2c(C)c1CCC(=O)NCCOc1ccc2c(c1)CCC2. The zero-order valence-electron chi connectivity index (χ0n) is 16.4. The van der Waals surface area contributed by atoms with Crippen LogP contribution in [-0.2, 0) is 24.1 Å². The van der Waals surface area contributed by atoms with Crippen LogP contribution in [0.3, 0.4) is 0 Å². The van der Waals surface area contributed by atoms with Gasteiger partial charge in [0, 0.05) is 17.8 Å². The van der Waals surface area contributed by atoms with Crippen LogP contribution in [0.1, 0.15) is 40.9 Å². The number of carbonyl (C=O) groups is 1. The maximum absolute atomic E-state index is 12.2. The van der Waals surface area contributed by atoms with Gasteiger partial charge >= 0.3 is 0 Å². The summed E-state index contributed by atoms with van der Waals surface area (Å²) in [5.41, 5.74) is 5.75. The third-order valence-electron chi connectivity index (χ3n) is 5.35. The average Bonchev–Trinajstić information content (AvgIpc) is 3.33. The lowest BCUT2D eigenvalue weighted by atomic mass is 10.1. The number of carbonyl (C=O) groups excluding carboxylic acids is 1. The monoisotopic (exact) mass is 379 g/mol. The molecule has 0 aliphatic heterocycles. The van der Waals surface area contributed by atoms with Crippen molar-refractivity contribution in [3.05, 3.63) is 52.6 Å². The van der Waals surface area contributed by atoms with Crippen molar-refractivity contribution in [3.63, 3.8) is 0 Å². The molecule has 0 radical (unpaired) electrons. The van der Waals surface area contributed by atoms with E-state index < -0.39 is 0 Å². The molecular weight excluding hydrogens is 354 g/mol. The van der Waals surface area contributed by atoms with Crippen molar-refractivity contribution in [1.82, 2.24) is 24.9 Å². The molecule has 0 atom stereocenters. The van der Waals surface area contributed by atoms with Crippen LogP contribution in [-0.4, -0.2) is 38.6 Å². The molecule has 2 heterocycles. The van der Waals surface area contributed by atoms with Gasteiger partial charge < -0.3 is 10.1 Å². The van der Waals surface area contributed by atoms with Gasteiger partial charge in [-0.25, -0.2) is 9.50 Å². The molecule has 1 aromatic carbocycles. The van der Waals surface area contributed by atoms with Crippen LogP contribution in [0.2, 0.25) is 0 Å². The number of hydrogen-bond donors (Lipinski definition) is 1. The second-order valence-electron chi connectivity index (χ2n) is 7.22. The third-order valence-corrected chi connectivity index (χ3v) is 5.35. The molecule has 1 N–H and O–H groups in total. The summed E-state index contributed by atoms with van der Waals surface area (Å²) in [6.07, 6.45) is 6.06. The second-order valence-corrected chi connectivity index (χ2v) is 7.22. The highest BCUT2D eigenvalue weighted by Crippen LogP contribution is 2.25. The Balaban J connectivity index is 1.24. The van der Waals surface area contributed by atoms with Gasteiger partial charge in [0.25, 0.3) is 5.78 Å². The van der Waals surface area contributed by atoms with E-state index >= 15 is 0 Å². The average molecular weight is 379 g/mol. The first kappa shape index (κ1) is 18.4. The van der Waals surface area contributed by atoms with Crippen molar-refractivity contribution < 1.29 is 9.53 Å². The number of nitrogens with zero attached hydrogens (tertiary/aromatic N) is 4. The van der Waals surface area contributed by atoms with Gasteiger partial charge in [-0.3, -0.25) is 4.79 Å². The summed E-state index contributed by atoms with van der Waals surface area (Å²) in [5, 5.41) is 7.11. The number of fused-ring (bicyclic) bond motifs is 2. The van der Waals surface area contributed by atoms with Gasteiger partial charge in [0.1, 0.15) is 18.7 Å². The highest BCUT2D eigenvalue weighted by atomic mass is 16.5. The summed E-state index contributed by atoms with van der Waals surface area (Å²) in [6.45, 7) is 4.89. The van der Waals surface area contributed by atoms with Crippen molar-refractivity contribution in [2.75, 3.05) is 13.2 Å². The van der Waals surface area contributed by atoms with Crippen LogP contribution in [0.15, 0.2) is 24.5 Å². The van der Waals surface area contributed by atoms with E-state index in [0.717, 1.165) is 29.1 Å². The molecule has 0 bridgehead atoms. The van der Waals surface area contributed by atoms with Gasteiger partial charge in [-0.1, -0.05) is 6.07 Å². The minimum absolute atomic E-state index is 0.00930. The van der Waals surface area contributed by atoms with E-state index in [0.29, 0.717) is 31.8 Å². The number of hydrogen-bond acceptors (Lipinski definition) is 5. The minimum atomic E-state index is 0.00930. The number of benzene rings is 1. The predicted octanol–water partition coefficient (Wildman–Crippen LogP) is 2.36. The lowest BCUT2D eigenvalue weighted by Crippen LogP contribution is -2.28. The number of ether oxygens (including phenoxy) is 1. The fourth-order valence-corrected chi connectivity index (χ4v) is 3.84. The van der Waals surface area contributed by atoms with Crippen molar-refractivity contribution in [2.24, 2.45) is 0 Å². The van der Waals surface area contributed by atoms with E-state index in [9.17, 15) is 4.79 Å². The van der Waals surface area contributed by atoms with Gasteiger partial charge in [0.15, 0.2) is 0 Å². The molecule has 0 saturated heterocycles. The topological polar surface area (TPSA) is 81.4 Å². The highest BCUT2D eigenvalue weighted by molar-refractivity contribution is 5.76. The molecule has 7 nitrogen and oxygen atoms in total. The molecule has 0 unspecified atom stereocenters. The second kappa shape index (κ2) is 7.96. The Morgan fingerprint density at radius 3 is 3.00 bits per heavy atom. The van der Waals surface area contributed by atoms with E-state index in [1.165, 1.54) is 30.3 Å². The van der Waals surface area contributed by atoms with Crippen molar-refractivity contribution in [3.8, 4) is 5.75 Å². The fourth-order valence-electron chi connectivity index (χ4n) is 3.84. The van der Waals surface area contributed by atoms with Crippen molar-refractivity contribution >= 4 is 11.7 Å². The minimum Gasteiger partial charge on any atom is -0.492 e. The Morgan fingerprint density at radius 1 is 1.25 bits per heavy atom. The molecule has 146 valence electrons. The van der Waals surface area contributed by atoms with E-state index in [1.54, 1.807) is 4.52 Å². The molecular formula is C21H25N5O2. The zero-order valence-corrected chi connectivity index (χ0v) is 16.4. The fraction of sp³-hybridized carbons (Fsp3) is 0.429. The Morgan fingerprint density at radius 2 is 2.11 bits per heavy atom. The van der Waals surface area contributed by atoms with Crippen LogP contribution in [0.4, 0.5) is 0 Å². The lowest BCUT2D eigenvalue weighted by molar-refractivity contribution is -0.121. The third kappa shape index (κ3) is 3.83. The quantitative estimate of drug-likeness (QED) is 0.638. The molecule has 1 aliphatic carbocycles. The molecule has 4 rings (SSSR count). The summed E-state index contributed by atoms with van der Waals surface area (Å²) < 4.78 is 7.49. The molecule has 0 fully saturated rings. The first-order chi connectivity index (χ1) is 13.6. The van der Waals surface area contributed by atoms with Crippen LogP contribution < -0.4 is 10.1 Å². The lowest BCUT2D eigenvalue weighted by Gasteiger charge is -2.11. The number of aryl methyl sites for hydroxylation is 4. The standard InChI is InChI=1S/C21H25N5O2/c1-14-19(15(2)26-21(25-14)23-13-24-26)8-9-20(27)22-10-11-28-18-7-6-16-4-3-5-17(16)12-18/h6-7,12-13H,3-5,8-11H2,1-2H3,(H,22,27). The first-order valence-electron chi connectivity index (χ1n) is 9.79. The maximum Gasteiger partial charge on any atom is 0.252 e. The molecule has 1 amide bonds. The van der Waals surface area contributed by atoms with Crippen LogP contribution in [0.25, 0.3) is 5.78 Å². The Bertz CT molecular complexity index is 1010. The highest BCUT2D eigenvalue weighted by Gasteiger charge is 2.13. The van der Waals surface area contributed by atoms with E-state index in [4.69, 9.17) is 4.74 Å². The van der Waals surface area contributed by atoms with E-state index in [1.807, 2.05) is 19.9 Å². The summed E-state index contributed by atoms with van der Waals surface area (Å²) in [5.74, 6) is 1.48. The van der Waals surface area contributed by atoms with Gasteiger partial charge in [-0.15, -0.1) is 0 Å². The van der Waals surface area contributed by atoms with Crippen molar-refractivity contribution in [2.45, 2.75) is 46.0 Å². The summed E-state index contributed by atoms with van der Waals surface area (Å²) >= 11 is 0. The van der Waals surface area contributed by atoms with Crippen LogP contribution in [0, 0.1) is 13.8 Å². The maximum atomic E-state index is 12.2. The van der Waals surface area contributed by atoms with Crippen molar-refractivity contribution in [1.29, 1.82) is 0 Å². The van der Waals surface area contributed by atoms with Gasteiger partial charge in [-0.05, 0) is 68.4 Å². The molecule has 7 heteroatoms. The smallest absolute Gasteiger partial charge is 0.252 e. The predicted molar refractivity (Wildman–Crippen MR) is 106 cm³/mol. The van der Waals surface area contributed by atoms with Gasteiger partial charge in [0.05, 0.1) is 6.54 Å². The number of aromatic nitrogens is 4. The largest absolute Gasteiger partial charge is 0.492 e. The Hall–Kier alpha value is -2.96. The summed E-state index contributed by atoms with van der Waals surface area (Å²) in [7, 11) is 0. The van der Waals surface area contributed by atoms with Gasteiger partial charge in [-0.2, -0.15) is 10.1 Å². The van der Waals surface area contributed by atoms with Crippen LogP contribution >= 0.6 is 0 Å². The molecule has 0 saturated carbocycles. The molecule has 0 spiro atoms. The van der Waals surface area contributed by atoms with Gasteiger partial charge in [0.2, 0.25) is 5.91 Å². The molecule has 28 heavy (non-hydrogen) atoms. The first-order valence-corrected chi connectivity index (χ1v) is 9.79. The van der Waals surface area contributed by atoms with Crippen LogP contribution in [0.5, 0.6) is 5.75 Å².